The topological polar surface area (TPSA) is 91.0 Å². The predicted molar refractivity (Wildman–Crippen MR) is 88.5 cm³/mol. The molecule has 1 rings (SSSR count). The van der Waals surface area contributed by atoms with Crippen LogP contribution < -0.4 is 19.9 Å². The molecule has 0 saturated carbocycles. The molecule has 0 amide bonds. The molecule has 23 heavy (non-hydrogen) atoms. The van der Waals surface area contributed by atoms with Gasteiger partial charge in [0.25, 0.3) is 0 Å². The monoisotopic (exact) mass is 325 g/mol. The molecule has 0 aliphatic carbocycles. The maximum absolute atomic E-state index is 11.3. The van der Waals surface area contributed by atoms with Gasteiger partial charge < -0.3 is 25.1 Å². The molecule has 0 radical (unpaired) electrons. The van der Waals surface area contributed by atoms with Crippen molar-refractivity contribution in [2.75, 3.05) is 21.3 Å². The van der Waals surface area contributed by atoms with Gasteiger partial charge in [-0.3, -0.25) is 4.79 Å². The molecular weight excluding hydrogens is 298 g/mol. The molecule has 3 atom stereocenters. The van der Waals surface area contributed by atoms with E-state index >= 15 is 0 Å². The Kier molecular flexibility index (Phi) is 6.27. The summed E-state index contributed by atoms with van der Waals surface area (Å²) in [6, 6.07) is 3.60. The van der Waals surface area contributed by atoms with Gasteiger partial charge in [0.15, 0.2) is 11.5 Å². The van der Waals surface area contributed by atoms with Gasteiger partial charge in [0, 0.05) is 5.56 Å². The van der Waals surface area contributed by atoms with E-state index in [2.05, 4.69) is 0 Å². The first-order valence-corrected chi connectivity index (χ1v) is 7.50. The smallest absolute Gasteiger partial charge is 0.323 e. The number of rotatable bonds is 8. The average Bonchev–Trinajstić information content (AvgIpc) is 2.51. The number of ether oxygens (including phenoxy) is 3. The summed E-state index contributed by atoms with van der Waals surface area (Å²) in [4.78, 5) is 11.3. The summed E-state index contributed by atoms with van der Waals surface area (Å²) in [5.74, 6) is 0.835. The number of benzene rings is 1. The maximum Gasteiger partial charge on any atom is 0.323 e. The lowest BCUT2D eigenvalue weighted by molar-refractivity contribution is -0.143. The van der Waals surface area contributed by atoms with Crippen LogP contribution in [0, 0.1) is 5.92 Å². The van der Waals surface area contributed by atoms with Crippen molar-refractivity contribution in [3.05, 3.63) is 17.7 Å². The highest BCUT2D eigenvalue weighted by molar-refractivity contribution is 5.77. The molecule has 0 fully saturated rings. The molecule has 0 aliphatic heterocycles. The highest BCUT2D eigenvalue weighted by Gasteiger charge is 2.34. The summed E-state index contributed by atoms with van der Waals surface area (Å²) in [7, 11) is 4.73. The van der Waals surface area contributed by atoms with E-state index in [1.54, 1.807) is 27.4 Å². The molecule has 0 bridgehead atoms. The Hall–Kier alpha value is -1.95. The van der Waals surface area contributed by atoms with Crippen LogP contribution in [0.2, 0.25) is 0 Å². The van der Waals surface area contributed by atoms with Crippen molar-refractivity contribution >= 4 is 5.97 Å². The van der Waals surface area contributed by atoms with Gasteiger partial charge in [0.05, 0.1) is 21.3 Å². The van der Waals surface area contributed by atoms with Crippen LogP contribution in [0.1, 0.15) is 38.7 Å². The highest BCUT2D eigenvalue weighted by Crippen LogP contribution is 2.45. The molecule has 0 aromatic heterocycles. The van der Waals surface area contributed by atoms with E-state index < -0.39 is 11.5 Å². The van der Waals surface area contributed by atoms with Crippen LogP contribution in [-0.4, -0.2) is 37.9 Å². The first-order chi connectivity index (χ1) is 10.7. The summed E-state index contributed by atoms with van der Waals surface area (Å²) in [5, 5.41) is 9.23. The molecule has 1 aromatic carbocycles. The van der Waals surface area contributed by atoms with Crippen LogP contribution in [0.3, 0.4) is 0 Å². The van der Waals surface area contributed by atoms with Crippen molar-refractivity contribution in [3.63, 3.8) is 0 Å². The summed E-state index contributed by atoms with van der Waals surface area (Å²) >= 11 is 0. The van der Waals surface area contributed by atoms with Gasteiger partial charge in [-0.2, -0.15) is 0 Å². The molecule has 3 N–H and O–H groups in total. The van der Waals surface area contributed by atoms with Crippen LogP contribution in [-0.2, 0) is 4.79 Å². The fourth-order valence-corrected chi connectivity index (χ4v) is 2.76. The molecule has 1 aromatic rings. The lowest BCUT2D eigenvalue weighted by Gasteiger charge is -2.29. The quantitative estimate of drug-likeness (QED) is 0.763. The molecule has 0 aliphatic rings. The number of carboxylic acids is 1. The van der Waals surface area contributed by atoms with E-state index in [0.29, 0.717) is 23.7 Å². The minimum absolute atomic E-state index is 0.00370. The molecule has 130 valence electrons. The van der Waals surface area contributed by atoms with Crippen molar-refractivity contribution in [2.45, 2.75) is 38.6 Å². The van der Waals surface area contributed by atoms with E-state index in [0.717, 1.165) is 5.56 Å². The van der Waals surface area contributed by atoms with E-state index in [-0.39, 0.29) is 11.8 Å². The van der Waals surface area contributed by atoms with Gasteiger partial charge in [0.1, 0.15) is 11.3 Å². The number of carboxylic acid groups (broad SMARTS) is 1. The zero-order chi connectivity index (χ0) is 17.8. The lowest BCUT2D eigenvalue weighted by Crippen LogP contribution is -2.46. The Morgan fingerprint density at radius 3 is 2.13 bits per heavy atom. The zero-order valence-corrected chi connectivity index (χ0v) is 14.7. The number of aliphatic carboxylic acids is 1. The summed E-state index contributed by atoms with van der Waals surface area (Å²) in [6.07, 6.45) is 0.326. The third-order valence-corrected chi connectivity index (χ3v) is 4.31. The minimum atomic E-state index is -1.28. The van der Waals surface area contributed by atoms with E-state index in [4.69, 9.17) is 19.9 Å². The van der Waals surface area contributed by atoms with Crippen LogP contribution >= 0.6 is 0 Å². The third-order valence-electron chi connectivity index (χ3n) is 4.31. The Bertz CT molecular complexity index is 556. The van der Waals surface area contributed by atoms with Gasteiger partial charge in [0.2, 0.25) is 0 Å². The van der Waals surface area contributed by atoms with Crippen LogP contribution in [0.5, 0.6) is 17.2 Å². The second-order valence-corrected chi connectivity index (χ2v) is 6.11. The number of carbonyl (C=O) groups is 1. The maximum atomic E-state index is 11.3. The number of methoxy groups -OCH3 is 3. The highest BCUT2D eigenvalue weighted by atomic mass is 16.5. The van der Waals surface area contributed by atoms with Crippen molar-refractivity contribution < 1.29 is 24.1 Å². The molecule has 0 heterocycles. The summed E-state index contributed by atoms with van der Waals surface area (Å²) in [6.45, 7) is 5.50. The lowest BCUT2D eigenvalue weighted by atomic mass is 9.80. The molecule has 0 saturated heterocycles. The number of hydrogen-bond acceptors (Lipinski definition) is 5. The second kappa shape index (κ2) is 7.55. The standard InChI is InChI=1S/C17H27NO5/c1-10(9-17(3,18)16(19)20)11(2)14-12(21-4)7-8-13(22-5)15(14)23-6/h7-8,10-11H,9,18H2,1-6H3,(H,19,20). The molecule has 6 nitrogen and oxygen atoms in total. The summed E-state index contributed by atoms with van der Waals surface area (Å²) < 4.78 is 16.3. The Morgan fingerprint density at radius 2 is 1.70 bits per heavy atom. The SMILES string of the molecule is COc1ccc(OC)c(C(C)C(C)CC(C)(N)C(=O)O)c1OC. The van der Waals surface area contributed by atoms with Gasteiger partial charge in [-0.05, 0) is 37.3 Å². The van der Waals surface area contributed by atoms with E-state index in [1.807, 2.05) is 19.9 Å². The Balaban J connectivity index is 3.25. The van der Waals surface area contributed by atoms with Crippen molar-refractivity contribution in [3.8, 4) is 17.2 Å². The molecule has 3 unspecified atom stereocenters. The summed E-state index contributed by atoms with van der Waals surface area (Å²) in [5.41, 5.74) is 5.45. The molecular formula is C17H27NO5. The van der Waals surface area contributed by atoms with Crippen LogP contribution in [0.4, 0.5) is 0 Å². The van der Waals surface area contributed by atoms with Gasteiger partial charge >= 0.3 is 5.97 Å². The van der Waals surface area contributed by atoms with Gasteiger partial charge in [-0.15, -0.1) is 0 Å². The average molecular weight is 325 g/mol. The predicted octanol–water partition coefficient (Wildman–Crippen LogP) is 2.64. The molecule has 0 spiro atoms. The van der Waals surface area contributed by atoms with Crippen molar-refractivity contribution in [1.82, 2.24) is 0 Å². The van der Waals surface area contributed by atoms with Crippen LogP contribution in [0.15, 0.2) is 12.1 Å². The molecule has 6 heteroatoms. The van der Waals surface area contributed by atoms with Gasteiger partial charge in [-0.1, -0.05) is 13.8 Å². The van der Waals surface area contributed by atoms with Crippen molar-refractivity contribution in [1.29, 1.82) is 0 Å². The Morgan fingerprint density at radius 1 is 1.17 bits per heavy atom. The Labute approximate surface area is 137 Å². The largest absolute Gasteiger partial charge is 0.496 e. The first-order valence-electron chi connectivity index (χ1n) is 7.50. The third kappa shape index (κ3) is 4.07. The zero-order valence-electron chi connectivity index (χ0n) is 14.7. The number of hydrogen-bond donors (Lipinski definition) is 2. The normalized spacial score (nSPS) is 16.1. The van der Waals surface area contributed by atoms with Crippen molar-refractivity contribution in [2.24, 2.45) is 11.7 Å². The van der Waals surface area contributed by atoms with Gasteiger partial charge in [-0.25, -0.2) is 0 Å². The number of nitrogens with two attached hydrogens (primary N) is 1. The minimum Gasteiger partial charge on any atom is -0.496 e. The second-order valence-electron chi connectivity index (χ2n) is 6.11. The van der Waals surface area contributed by atoms with E-state index in [1.165, 1.54) is 6.92 Å². The fraction of sp³-hybridized carbons (Fsp3) is 0.588. The fourth-order valence-electron chi connectivity index (χ4n) is 2.76. The van der Waals surface area contributed by atoms with E-state index in [9.17, 15) is 9.90 Å². The first kappa shape index (κ1) is 19.1. The van der Waals surface area contributed by atoms with Crippen LogP contribution in [0.25, 0.3) is 0 Å².